The van der Waals surface area contributed by atoms with Crippen LogP contribution in [0.5, 0.6) is 0 Å². The lowest BCUT2D eigenvalue weighted by Crippen LogP contribution is -2.55. The molecule has 8 nitrogen and oxygen atoms in total. The Labute approximate surface area is 271 Å². The molecule has 3 saturated heterocycles. The number of rotatable bonds is 14. The van der Waals surface area contributed by atoms with Gasteiger partial charge >= 0.3 is 0 Å². The summed E-state index contributed by atoms with van der Waals surface area (Å²) in [6.45, 7) is 16.7. The van der Waals surface area contributed by atoms with Crippen LogP contribution in [-0.2, 0) is 14.4 Å². The molecular weight excluding hydrogens is 584 g/mol. The Morgan fingerprint density at radius 2 is 1.51 bits per heavy atom. The number of carbonyl (C=O) groups is 3. The molecule has 3 fully saturated rings. The Morgan fingerprint density at radius 1 is 0.933 bits per heavy atom. The highest BCUT2D eigenvalue weighted by molar-refractivity contribution is 8.02. The molecule has 5 rings (SSSR count). The minimum atomic E-state index is -0.766. The number of benzene rings is 2. The van der Waals surface area contributed by atoms with Gasteiger partial charge in [-0.05, 0) is 76.4 Å². The van der Waals surface area contributed by atoms with E-state index in [9.17, 15) is 19.5 Å². The van der Waals surface area contributed by atoms with E-state index in [1.807, 2.05) is 54.6 Å². The molecule has 0 aromatic heterocycles. The molecule has 2 unspecified atom stereocenters. The van der Waals surface area contributed by atoms with Gasteiger partial charge in [-0.2, -0.15) is 0 Å². The van der Waals surface area contributed by atoms with Crippen LogP contribution in [0.15, 0.2) is 79.9 Å². The zero-order valence-corrected chi connectivity index (χ0v) is 27.5. The molecule has 2 bridgehead atoms. The lowest BCUT2D eigenvalue weighted by Gasteiger charge is -2.38. The summed E-state index contributed by atoms with van der Waals surface area (Å²) in [7, 11) is 0. The van der Waals surface area contributed by atoms with Crippen LogP contribution in [0.4, 0.5) is 17.1 Å². The highest BCUT2D eigenvalue weighted by Gasteiger charge is 2.77. The van der Waals surface area contributed by atoms with Gasteiger partial charge in [0.2, 0.25) is 11.8 Å². The summed E-state index contributed by atoms with van der Waals surface area (Å²) in [5.74, 6) is -1.69. The molecule has 2 aromatic carbocycles. The van der Waals surface area contributed by atoms with Crippen molar-refractivity contribution in [2.24, 2.45) is 11.8 Å². The van der Waals surface area contributed by atoms with E-state index in [1.165, 1.54) is 0 Å². The highest BCUT2D eigenvalue weighted by atomic mass is 32.2. The molecule has 3 heterocycles. The Hall–Kier alpha value is -3.56. The van der Waals surface area contributed by atoms with Gasteiger partial charge in [-0.25, -0.2) is 0 Å². The van der Waals surface area contributed by atoms with E-state index in [2.05, 4.69) is 38.8 Å². The number of thioether (sulfide) groups is 1. The highest BCUT2D eigenvalue weighted by Crippen LogP contribution is 2.71. The number of hydrogen-bond acceptors (Lipinski definition) is 6. The summed E-state index contributed by atoms with van der Waals surface area (Å²) in [6.07, 6.45) is 5.16. The summed E-state index contributed by atoms with van der Waals surface area (Å²) in [5.41, 5.74) is 2.58. The van der Waals surface area contributed by atoms with E-state index >= 15 is 0 Å². The number of aliphatic hydroxyl groups excluding tert-OH is 1. The average Bonchev–Trinajstić information content (AvgIpc) is 3.62. The van der Waals surface area contributed by atoms with Crippen molar-refractivity contribution in [1.29, 1.82) is 0 Å². The number of carbonyl (C=O) groups excluding carboxylic acids is 3. The SMILES string of the molecule is C=CCN(C(=O)C1N(CCCO)C(=O)[C@@H]2[C@@H](C(=O)N(CC=C)c3ccccc3)[C@@]3(C)CCC12S3)c1ccc(N(CC)CC)cc1. The maximum atomic E-state index is 14.8. The third kappa shape index (κ3) is 5.58. The van der Waals surface area contributed by atoms with Crippen molar-refractivity contribution >= 4 is 46.5 Å². The number of anilines is 3. The molecule has 0 radical (unpaired) electrons. The fraction of sp³-hybridized carbons (Fsp3) is 0.472. The molecular formula is C36H46N4O4S. The van der Waals surface area contributed by atoms with Crippen LogP contribution in [0.2, 0.25) is 0 Å². The number of nitrogens with zero attached hydrogens (tertiary/aromatic N) is 4. The Bertz CT molecular complexity index is 1410. The molecule has 5 atom stereocenters. The number of hydrogen-bond donors (Lipinski definition) is 1. The van der Waals surface area contributed by atoms with Gasteiger partial charge in [0.15, 0.2) is 0 Å². The predicted molar refractivity (Wildman–Crippen MR) is 184 cm³/mol. The second kappa shape index (κ2) is 13.4. The zero-order valence-electron chi connectivity index (χ0n) is 26.7. The molecule has 3 aliphatic rings. The molecule has 3 amide bonds. The standard InChI is InChI=1S/C36H46N4O4S/c1-6-22-38(27-14-11-10-12-15-27)32(42)29-30-33(43)40(24-13-25-41)31(36(30)21-20-35(29,5)45-36)34(44)39(23-7-2)28-18-16-26(17-19-28)37(8-3)9-4/h6-7,10-12,14-19,29-31,41H,1-2,8-9,13,20-25H2,3-5H3/t29-,30-,31?,35+,36?/m0/s1. The topological polar surface area (TPSA) is 84.4 Å². The van der Waals surface area contributed by atoms with Crippen molar-refractivity contribution < 1.29 is 19.5 Å². The number of fused-ring (bicyclic) bond motifs is 1. The van der Waals surface area contributed by atoms with Gasteiger partial charge < -0.3 is 24.7 Å². The van der Waals surface area contributed by atoms with Crippen LogP contribution in [0.3, 0.4) is 0 Å². The van der Waals surface area contributed by atoms with Gasteiger partial charge in [0, 0.05) is 61.1 Å². The summed E-state index contributed by atoms with van der Waals surface area (Å²) in [5, 5.41) is 9.77. The molecule has 240 valence electrons. The molecule has 1 spiro atoms. The van der Waals surface area contributed by atoms with Crippen LogP contribution in [-0.4, -0.2) is 82.6 Å². The van der Waals surface area contributed by atoms with Gasteiger partial charge in [-0.1, -0.05) is 30.4 Å². The Kier molecular flexibility index (Phi) is 9.80. The second-order valence-corrected chi connectivity index (χ2v) is 14.2. The maximum Gasteiger partial charge on any atom is 0.251 e. The largest absolute Gasteiger partial charge is 0.396 e. The van der Waals surface area contributed by atoms with Crippen molar-refractivity contribution in [3.8, 4) is 0 Å². The average molecular weight is 631 g/mol. The van der Waals surface area contributed by atoms with Crippen LogP contribution in [0, 0.1) is 11.8 Å². The van der Waals surface area contributed by atoms with Crippen LogP contribution in [0.25, 0.3) is 0 Å². The van der Waals surface area contributed by atoms with E-state index in [0.29, 0.717) is 19.4 Å². The van der Waals surface area contributed by atoms with Gasteiger partial charge in [-0.3, -0.25) is 14.4 Å². The van der Waals surface area contributed by atoms with Crippen LogP contribution in [0.1, 0.15) is 40.0 Å². The summed E-state index contributed by atoms with van der Waals surface area (Å²) in [6, 6.07) is 16.7. The Morgan fingerprint density at radius 3 is 2.09 bits per heavy atom. The first kappa shape index (κ1) is 32.8. The minimum Gasteiger partial charge on any atom is -0.396 e. The van der Waals surface area contributed by atoms with Gasteiger partial charge in [0.1, 0.15) is 6.04 Å². The van der Waals surface area contributed by atoms with Crippen molar-refractivity contribution in [1.82, 2.24) is 4.90 Å². The first-order valence-corrected chi connectivity index (χ1v) is 16.9. The third-order valence-electron chi connectivity index (χ3n) is 9.85. The normalized spacial score (nSPS) is 26.4. The quantitative estimate of drug-likeness (QED) is 0.292. The molecule has 0 aliphatic carbocycles. The van der Waals surface area contributed by atoms with E-state index in [-0.39, 0.29) is 37.4 Å². The van der Waals surface area contributed by atoms with Crippen molar-refractivity contribution in [2.45, 2.75) is 55.6 Å². The number of amides is 3. The van der Waals surface area contributed by atoms with Gasteiger partial charge in [0.05, 0.1) is 16.6 Å². The summed E-state index contributed by atoms with van der Waals surface area (Å²) < 4.78 is -1.25. The number of likely N-dealkylation sites (tertiary alicyclic amines) is 1. The van der Waals surface area contributed by atoms with Crippen LogP contribution < -0.4 is 14.7 Å². The van der Waals surface area contributed by atoms with E-state index in [4.69, 9.17) is 0 Å². The fourth-order valence-corrected chi connectivity index (χ4v) is 10.2. The minimum absolute atomic E-state index is 0.0973. The molecule has 2 aromatic rings. The third-order valence-corrected chi connectivity index (χ3v) is 11.8. The molecule has 9 heteroatoms. The van der Waals surface area contributed by atoms with E-state index < -0.39 is 27.4 Å². The van der Waals surface area contributed by atoms with E-state index in [1.54, 1.807) is 38.6 Å². The monoisotopic (exact) mass is 630 g/mol. The zero-order chi connectivity index (χ0) is 32.4. The summed E-state index contributed by atoms with van der Waals surface area (Å²) in [4.78, 5) is 51.3. The second-order valence-electron chi connectivity index (χ2n) is 12.3. The first-order chi connectivity index (χ1) is 21.7. The molecule has 3 aliphatic heterocycles. The smallest absolute Gasteiger partial charge is 0.251 e. The lowest BCUT2D eigenvalue weighted by atomic mass is 9.66. The Balaban J connectivity index is 1.55. The van der Waals surface area contributed by atoms with Crippen LogP contribution >= 0.6 is 11.8 Å². The van der Waals surface area contributed by atoms with Gasteiger partial charge in [-0.15, -0.1) is 24.9 Å². The number of para-hydroxylation sites is 1. The fourth-order valence-electron chi connectivity index (χ4n) is 7.82. The van der Waals surface area contributed by atoms with Crippen molar-refractivity contribution in [2.75, 3.05) is 54.0 Å². The molecule has 1 N–H and O–H groups in total. The molecule has 45 heavy (non-hydrogen) atoms. The maximum absolute atomic E-state index is 14.8. The number of aliphatic hydroxyl groups is 1. The van der Waals surface area contributed by atoms with Gasteiger partial charge in [0.25, 0.3) is 5.91 Å². The van der Waals surface area contributed by atoms with Crippen molar-refractivity contribution in [3.05, 3.63) is 79.9 Å². The van der Waals surface area contributed by atoms with E-state index in [0.717, 1.165) is 36.6 Å². The molecule has 0 saturated carbocycles. The lowest BCUT2D eigenvalue weighted by molar-refractivity contribution is -0.139. The van der Waals surface area contributed by atoms with Crippen molar-refractivity contribution in [3.63, 3.8) is 0 Å². The summed E-state index contributed by atoms with van der Waals surface area (Å²) >= 11 is 1.66. The first-order valence-electron chi connectivity index (χ1n) is 16.1. The predicted octanol–water partition coefficient (Wildman–Crippen LogP) is 5.13.